The van der Waals surface area contributed by atoms with Gasteiger partial charge in [-0.05, 0) is 60.6 Å². The van der Waals surface area contributed by atoms with E-state index in [1.165, 1.54) is 24.3 Å². The summed E-state index contributed by atoms with van der Waals surface area (Å²) >= 11 is 5.78. The summed E-state index contributed by atoms with van der Waals surface area (Å²) < 4.78 is 38.9. The van der Waals surface area contributed by atoms with Crippen LogP contribution in [-0.2, 0) is 22.4 Å². The van der Waals surface area contributed by atoms with Gasteiger partial charge in [0.2, 0.25) is 0 Å². The molecule has 29 heavy (non-hydrogen) atoms. The van der Waals surface area contributed by atoms with E-state index in [1.807, 2.05) is 6.07 Å². The van der Waals surface area contributed by atoms with Crippen LogP contribution in [0.3, 0.4) is 0 Å². The van der Waals surface area contributed by atoms with Gasteiger partial charge in [-0.3, -0.25) is 9.59 Å². The molecule has 0 radical (unpaired) electrons. The van der Waals surface area contributed by atoms with Gasteiger partial charge in [-0.25, -0.2) is 0 Å². The number of amides is 2. The first kappa shape index (κ1) is 21.2. The quantitative estimate of drug-likeness (QED) is 0.681. The summed E-state index contributed by atoms with van der Waals surface area (Å²) in [5, 5.41) is 5.10. The topological polar surface area (TPSA) is 58.2 Å². The molecule has 2 N–H and O–H groups in total. The van der Waals surface area contributed by atoms with E-state index < -0.39 is 30.5 Å². The molecule has 2 aromatic carbocycles. The highest BCUT2D eigenvalue weighted by Crippen LogP contribution is 2.31. The second kappa shape index (κ2) is 8.86. The van der Waals surface area contributed by atoms with Gasteiger partial charge in [0, 0.05) is 10.7 Å². The van der Waals surface area contributed by atoms with Crippen molar-refractivity contribution in [2.24, 2.45) is 0 Å². The van der Waals surface area contributed by atoms with Crippen LogP contribution in [0.1, 0.15) is 42.0 Å². The molecule has 0 fully saturated rings. The van der Waals surface area contributed by atoms with Crippen molar-refractivity contribution in [3.05, 3.63) is 64.2 Å². The molecule has 2 aromatic rings. The molecule has 0 saturated heterocycles. The third-order valence-corrected chi connectivity index (χ3v) is 5.12. The Labute approximate surface area is 171 Å². The van der Waals surface area contributed by atoms with Crippen molar-refractivity contribution in [2.45, 2.75) is 44.3 Å². The van der Waals surface area contributed by atoms with Gasteiger partial charge in [0.05, 0.1) is 12.5 Å². The Bertz CT molecular complexity index is 898. The Morgan fingerprint density at radius 1 is 1.00 bits per heavy atom. The van der Waals surface area contributed by atoms with Gasteiger partial charge in [-0.2, -0.15) is 13.2 Å². The average Bonchev–Trinajstić information content (AvgIpc) is 2.67. The fraction of sp³-hybridized carbons (Fsp3) is 0.333. The number of alkyl halides is 3. The van der Waals surface area contributed by atoms with Crippen molar-refractivity contribution in [1.29, 1.82) is 0 Å². The number of hydrogen-bond acceptors (Lipinski definition) is 2. The standard InChI is InChI=1S/C21H20ClF3N2O2/c22-15-10-8-14(9-11-15)18(12-21(23,24)25)27-20(29)19(28)26-17-7-3-5-13-4-1-2-6-16(13)17/h3,5,7-11,18H,1-2,4,6,12H2,(H,26,28)(H,27,29)/t18-/m0/s1. The molecule has 2 amide bonds. The van der Waals surface area contributed by atoms with E-state index in [-0.39, 0.29) is 5.56 Å². The highest BCUT2D eigenvalue weighted by atomic mass is 35.5. The van der Waals surface area contributed by atoms with Crippen LogP contribution in [0, 0.1) is 0 Å². The van der Waals surface area contributed by atoms with Crippen LogP contribution in [0.15, 0.2) is 42.5 Å². The lowest BCUT2D eigenvalue weighted by Gasteiger charge is -2.22. The summed E-state index contributed by atoms with van der Waals surface area (Å²) in [6, 6.07) is 9.72. The Morgan fingerprint density at radius 2 is 1.69 bits per heavy atom. The van der Waals surface area contributed by atoms with Crippen molar-refractivity contribution in [2.75, 3.05) is 5.32 Å². The van der Waals surface area contributed by atoms with Gasteiger partial charge in [-0.1, -0.05) is 35.9 Å². The van der Waals surface area contributed by atoms with Crippen LogP contribution in [0.5, 0.6) is 0 Å². The van der Waals surface area contributed by atoms with Crippen LogP contribution >= 0.6 is 11.6 Å². The molecule has 0 heterocycles. The Kier molecular flexibility index (Phi) is 6.47. The van der Waals surface area contributed by atoms with E-state index in [2.05, 4.69) is 10.6 Å². The molecule has 0 spiro atoms. The fourth-order valence-electron chi connectivity index (χ4n) is 3.48. The van der Waals surface area contributed by atoms with E-state index >= 15 is 0 Å². The smallest absolute Gasteiger partial charge is 0.341 e. The molecule has 1 aliphatic rings. The van der Waals surface area contributed by atoms with E-state index in [4.69, 9.17) is 11.6 Å². The maximum absolute atomic E-state index is 13.0. The van der Waals surface area contributed by atoms with Crippen LogP contribution in [0.25, 0.3) is 0 Å². The molecule has 4 nitrogen and oxygen atoms in total. The number of anilines is 1. The lowest BCUT2D eigenvalue weighted by Crippen LogP contribution is -2.39. The van der Waals surface area contributed by atoms with Crippen molar-refractivity contribution < 1.29 is 22.8 Å². The predicted octanol–water partition coefficient (Wildman–Crippen LogP) is 4.97. The first-order valence-corrected chi connectivity index (χ1v) is 9.65. The number of rotatable bonds is 4. The monoisotopic (exact) mass is 424 g/mol. The maximum Gasteiger partial charge on any atom is 0.391 e. The summed E-state index contributed by atoms with van der Waals surface area (Å²) in [4.78, 5) is 24.7. The number of hydrogen-bond donors (Lipinski definition) is 2. The number of benzene rings is 2. The molecule has 0 unspecified atom stereocenters. The third-order valence-electron chi connectivity index (χ3n) is 4.86. The average molecular weight is 425 g/mol. The maximum atomic E-state index is 13.0. The van der Waals surface area contributed by atoms with E-state index in [1.54, 1.807) is 12.1 Å². The highest BCUT2D eigenvalue weighted by Gasteiger charge is 2.34. The van der Waals surface area contributed by atoms with Gasteiger partial charge in [0.1, 0.15) is 0 Å². The molecule has 0 bridgehead atoms. The van der Waals surface area contributed by atoms with Crippen LogP contribution in [0.2, 0.25) is 5.02 Å². The SMILES string of the molecule is O=C(Nc1cccc2c1CCCC2)C(=O)N[C@@H](CC(F)(F)F)c1ccc(Cl)cc1. The van der Waals surface area contributed by atoms with Crippen molar-refractivity contribution >= 4 is 29.1 Å². The molecule has 0 saturated carbocycles. The first-order chi connectivity index (χ1) is 13.7. The molecule has 1 atom stereocenters. The number of carbonyl (C=O) groups excluding carboxylic acids is 2. The molecule has 154 valence electrons. The van der Waals surface area contributed by atoms with Crippen LogP contribution < -0.4 is 10.6 Å². The molecular weight excluding hydrogens is 405 g/mol. The minimum Gasteiger partial charge on any atom is -0.341 e. The molecule has 3 rings (SSSR count). The van der Waals surface area contributed by atoms with Gasteiger partial charge in [-0.15, -0.1) is 0 Å². The Hall–Kier alpha value is -2.54. The highest BCUT2D eigenvalue weighted by molar-refractivity contribution is 6.39. The number of aryl methyl sites for hydroxylation is 1. The van der Waals surface area contributed by atoms with Crippen molar-refractivity contribution in [3.8, 4) is 0 Å². The molecule has 0 aliphatic heterocycles. The van der Waals surface area contributed by atoms with Gasteiger partial charge < -0.3 is 10.6 Å². The third kappa shape index (κ3) is 5.73. The van der Waals surface area contributed by atoms with Crippen LogP contribution in [0.4, 0.5) is 18.9 Å². The zero-order chi connectivity index (χ0) is 21.0. The fourth-order valence-corrected chi connectivity index (χ4v) is 3.61. The zero-order valence-electron chi connectivity index (χ0n) is 15.5. The first-order valence-electron chi connectivity index (χ1n) is 9.28. The Balaban J connectivity index is 1.74. The summed E-state index contributed by atoms with van der Waals surface area (Å²) in [6.07, 6.45) is -2.09. The van der Waals surface area contributed by atoms with Crippen LogP contribution in [-0.4, -0.2) is 18.0 Å². The van der Waals surface area contributed by atoms with Crippen molar-refractivity contribution in [3.63, 3.8) is 0 Å². The largest absolute Gasteiger partial charge is 0.391 e. The summed E-state index contributed by atoms with van der Waals surface area (Å²) in [6.45, 7) is 0. The summed E-state index contributed by atoms with van der Waals surface area (Å²) in [7, 11) is 0. The zero-order valence-corrected chi connectivity index (χ0v) is 16.2. The van der Waals surface area contributed by atoms with Gasteiger partial charge in [0.15, 0.2) is 0 Å². The predicted molar refractivity (Wildman–Crippen MR) is 105 cm³/mol. The second-order valence-corrected chi connectivity index (χ2v) is 7.44. The molecule has 1 aliphatic carbocycles. The van der Waals surface area contributed by atoms with Crippen molar-refractivity contribution in [1.82, 2.24) is 5.32 Å². The van der Waals surface area contributed by atoms with Gasteiger partial charge in [0.25, 0.3) is 0 Å². The number of fused-ring (bicyclic) bond motifs is 1. The number of halogens is 4. The minimum absolute atomic E-state index is 0.213. The molecular formula is C21H20ClF3N2O2. The number of carbonyl (C=O) groups is 2. The lowest BCUT2D eigenvalue weighted by molar-refractivity contribution is -0.146. The lowest BCUT2D eigenvalue weighted by atomic mass is 9.90. The molecule has 8 heteroatoms. The molecule has 0 aromatic heterocycles. The minimum atomic E-state index is -4.52. The van der Waals surface area contributed by atoms with Gasteiger partial charge >= 0.3 is 18.0 Å². The normalized spacial score (nSPS) is 14.6. The summed E-state index contributed by atoms with van der Waals surface area (Å²) in [5.74, 6) is -2.12. The Morgan fingerprint density at radius 3 is 2.38 bits per heavy atom. The number of nitrogens with one attached hydrogen (secondary N) is 2. The summed E-state index contributed by atoms with van der Waals surface area (Å²) in [5.41, 5.74) is 2.83. The van der Waals surface area contributed by atoms with E-state index in [9.17, 15) is 22.8 Å². The second-order valence-electron chi connectivity index (χ2n) is 7.00. The van der Waals surface area contributed by atoms with E-state index in [0.717, 1.165) is 36.8 Å². The van der Waals surface area contributed by atoms with E-state index in [0.29, 0.717) is 10.7 Å².